The molecule has 2 rings (SSSR count). The molecule has 0 aliphatic carbocycles. The predicted octanol–water partition coefficient (Wildman–Crippen LogP) is 3.22. The highest BCUT2D eigenvalue weighted by Crippen LogP contribution is 2.22. The fraction of sp³-hybridized carbons (Fsp3) is 0.357. The lowest BCUT2D eigenvalue weighted by atomic mass is 10.1. The van der Waals surface area contributed by atoms with E-state index in [0.29, 0.717) is 6.54 Å². The molecule has 0 bridgehead atoms. The third-order valence-corrected chi connectivity index (χ3v) is 3.54. The molecule has 1 aromatic carbocycles. The maximum absolute atomic E-state index is 5.83. The number of halogens is 1. The van der Waals surface area contributed by atoms with Crippen molar-refractivity contribution in [3.05, 3.63) is 45.7 Å². The van der Waals surface area contributed by atoms with Gasteiger partial charge in [0.1, 0.15) is 0 Å². The minimum atomic E-state index is 0.513. The number of rotatable bonds is 4. The van der Waals surface area contributed by atoms with Crippen molar-refractivity contribution in [2.75, 3.05) is 0 Å². The van der Waals surface area contributed by atoms with Crippen LogP contribution in [0.1, 0.15) is 30.8 Å². The molecule has 0 atom stereocenters. The van der Waals surface area contributed by atoms with E-state index in [0.717, 1.165) is 34.3 Å². The van der Waals surface area contributed by atoms with Crippen molar-refractivity contribution in [3.63, 3.8) is 0 Å². The first kappa shape index (κ1) is 13.3. The second-order valence-electron chi connectivity index (χ2n) is 4.22. The smallest absolute Gasteiger partial charge is 0.0694 e. The van der Waals surface area contributed by atoms with Crippen LogP contribution >= 0.6 is 15.9 Å². The zero-order valence-corrected chi connectivity index (χ0v) is 12.4. The lowest BCUT2D eigenvalue weighted by Crippen LogP contribution is -2.08. The minimum Gasteiger partial charge on any atom is -0.326 e. The van der Waals surface area contributed by atoms with Crippen LogP contribution in [0.15, 0.2) is 28.7 Å². The summed E-state index contributed by atoms with van der Waals surface area (Å²) in [7, 11) is 0. The van der Waals surface area contributed by atoms with Crippen molar-refractivity contribution in [3.8, 4) is 5.69 Å². The van der Waals surface area contributed by atoms with Gasteiger partial charge in [0.25, 0.3) is 0 Å². The lowest BCUT2D eigenvalue weighted by Gasteiger charge is -2.11. The fourth-order valence-electron chi connectivity index (χ4n) is 2.03. The zero-order valence-electron chi connectivity index (χ0n) is 10.8. The standard InChI is InChI=1S/C14H18BrN3/c1-3-12-8-13(4-2)18(17-12)14-6-5-11(15)7-10(14)9-16/h5-8H,3-4,9,16H2,1-2H3. The molecule has 3 nitrogen and oxygen atoms in total. The van der Waals surface area contributed by atoms with Gasteiger partial charge in [-0.2, -0.15) is 5.10 Å². The van der Waals surface area contributed by atoms with Gasteiger partial charge in [-0.15, -0.1) is 0 Å². The summed E-state index contributed by atoms with van der Waals surface area (Å²) in [6.45, 7) is 4.78. The van der Waals surface area contributed by atoms with E-state index in [4.69, 9.17) is 5.73 Å². The molecule has 1 aromatic heterocycles. The van der Waals surface area contributed by atoms with Crippen LogP contribution in [0.25, 0.3) is 5.69 Å². The first-order chi connectivity index (χ1) is 8.69. The number of benzene rings is 1. The van der Waals surface area contributed by atoms with Gasteiger partial charge in [0, 0.05) is 16.7 Å². The normalized spacial score (nSPS) is 10.9. The van der Waals surface area contributed by atoms with Gasteiger partial charge in [0.15, 0.2) is 0 Å². The van der Waals surface area contributed by atoms with E-state index < -0.39 is 0 Å². The zero-order chi connectivity index (χ0) is 13.1. The molecule has 0 spiro atoms. The second kappa shape index (κ2) is 5.67. The van der Waals surface area contributed by atoms with Crippen LogP contribution in [0.3, 0.4) is 0 Å². The number of aryl methyl sites for hydroxylation is 2. The topological polar surface area (TPSA) is 43.8 Å². The maximum Gasteiger partial charge on any atom is 0.0694 e. The highest BCUT2D eigenvalue weighted by molar-refractivity contribution is 9.10. The fourth-order valence-corrected chi connectivity index (χ4v) is 2.44. The summed E-state index contributed by atoms with van der Waals surface area (Å²) in [5, 5.41) is 4.65. The summed E-state index contributed by atoms with van der Waals surface area (Å²) in [5.41, 5.74) is 10.4. The molecule has 0 aliphatic rings. The molecular formula is C14H18BrN3. The van der Waals surface area contributed by atoms with Crippen LogP contribution in [0.2, 0.25) is 0 Å². The number of hydrogen-bond donors (Lipinski definition) is 1. The van der Waals surface area contributed by atoms with E-state index in [1.54, 1.807) is 0 Å². The van der Waals surface area contributed by atoms with Gasteiger partial charge in [-0.1, -0.05) is 29.8 Å². The molecule has 0 unspecified atom stereocenters. The Bertz CT molecular complexity index is 546. The largest absolute Gasteiger partial charge is 0.326 e. The van der Waals surface area contributed by atoms with Crippen molar-refractivity contribution in [1.29, 1.82) is 0 Å². The van der Waals surface area contributed by atoms with Gasteiger partial charge < -0.3 is 5.73 Å². The van der Waals surface area contributed by atoms with Gasteiger partial charge in [0.05, 0.1) is 11.4 Å². The Hall–Kier alpha value is -1.13. The SMILES string of the molecule is CCc1cc(CC)n(-c2ccc(Br)cc2CN)n1. The molecule has 0 amide bonds. The van der Waals surface area contributed by atoms with Gasteiger partial charge >= 0.3 is 0 Å². The molecule has 18 heavy (non-hydrogen) atoms. The molecule has 0 fully saturated rings. The van der Waals surface area contributed by atoms with E-state index in [2.05, 4.69) is 53.1 Å². The summed E-state index contributed by atoms with van der Waals surface area (Å²) in [4.78, 5) is 0. The minimum absolute atomic E-state index is 0.513. The van der Waals surface area contributed by atoms with Crippen molar-refractivity contribution in [1.82, 2.24) is 9.78 Å². The van der Waals surface area contributed by atoms with Gasteiger partial charge in [-0.25, -0.2) is 4.68 Å². The van der Waals surface area contributed by atoms with Gasteiger partial charge in [0.2, 0.25) is 0 Å². The highest BCUT2D eigenvalue weighted by Gasteiger charge is 2.10. The number of nitrogens with zero attached hydrogens (tertiary/aromatic N) is 2. The number of aromatic nitrogens is 2. The predicted molar refractivity (Wildman–Crippen MR) is 77.9 cm³/mol. The van der Waals surface area contributed by atoms with Crippen molar-refractivity contribution < 1.29 is 0 Å². The summed E-state index contributed by atoms with van der Waals surface area (Å²) < 4.78 is 3.07. The van der Waals surface area contributed by atoms with Gasteiger partial charge in [-0.3, -0.25) is 0 Å². The van der Waals surface area contributed by atoms with E-state index in [1.165, 1.54) is 5.69 Å². The number of hydrogen-bond acceptors (Lipinski definition) is 2. The highest BCUT2D eigenvalue weighted by atomic mass is 79.9. The lowest BCUT2D eigenvalue weighted by molar-refractivity contribution is 0.782. The first-order valence-electron chi connectivity index (χ1n) is 6.26. The van der Waals surface area contributed by atoms with Crippen LogP contribution in [0, 0.1) is 0 Å². The number of nitrogens with two attached hydrogens (primary N) is 1. The van der Waals surface area contributed by atoms with E-state index >= 15 is 0 Å². The van der Waals surface area contributed by atoms with Crippen LogP contribution in [-0.2, 0) is 19.4 Å². The average Bonchev–Trinajstić information content (AvgIpc) is 2.81. The molecule has 4 heteroatoms. The van der Waals surface area contributed by atoms with Crippen molar-refractivity contribution in [2.24, 2.45) is 5.73 Å². The Morgan fingerprint density at radius 1 is 1.22 bits per heavy atom. The molecule has 1 heterocycles. The first-order valence-corrected chi connectivity index (χ1v) is 7.05. The summed E-state index contributed by atoms with van der Waals surface area (Å²) in [6.07, 6.45) is 1.92. The van der Waals surface area contributed by atoms with Crippen LogP contribution in [0.4, 0.5) is 0 Å². The molecule has 0 saturated heterocycles. The second-order valence-corrected chi connectivity index (χ2v) is 5.14. The summed E-state index contributed by atoms with van der Waals surface area (Å²) in [5.74, 6) is 0. The third kappa shape index (κ3) is 2.49. The molecule has 0 aliphatic heterocycles. The molecule has 0 radical (unpaired) electrons. The molecular weight excluding hydrogens is 290 g/mol. The van der Waals surface area contributed by atoms with Crippen LogP contribution in [0.5, 0.6) is 0 Å². The quantitative estimate of drug-likeness (QED) is 0.942. The Morgan fingerprint density at radius 2 is 2.00 bits per heavy atom. The average molecular weight is 308 g/mol. The van der Waals surface area contributed by atoms with Crippen LogP contribution < -0.4 is 5.73 Å². The Labute approximate surface area is 116 Å². The molecule has 2 aromatic rings. The third-order valence-electron chi connectivity index (χ3n) is 3.05. The summed E-state index contributed by atoms with van der Waals surface area (Å²) >= 11 is 3.48. The Kier molecular flexibility index (Phi) is 4.19. The van der Waals surface area contributed by atoms with Crippen molar-refractivity contribution >= 4 is 15.9 Å². The van der Waals surface area contributed by atoms with Crippen molar-refractivity contribution in [2.45, 2.75) is 33.2 Å². The molecule has 96 valence electrons. The summed E-state index contributed by atoms with van der Waals surface area (Å²) in [6, 6.07) is 8.32. The maximum atomic E-state index is 5.83. The monoisotopic (exact) mass is 307 g/mol. The Balaban J connectivity index is 2.56. The van der Waals surface area contributed by atoms with E-state index in [9.17, 15) is 0 Å². The molecule has 2 N–H and O–H groups in total. The van der Waals surface area contributed by atoms with Gasteiger partial charge in [-0.05, 0) is 42.7 Å². The van der Waals surface area contributed by atoms with E-state index in [-0.39, 0.29) is 0 Å². The molecule has 0 saturated carbocycles. The Morgan fingerprint density at radius 3 is 2.61 bits per heavy atom. The van der Waals surface area contributed by atoms with Crippen LogP contribution in [-0.4, -0.2) is 9.78 Å². The van der Waals surface area contributed by atoms with E-state index in [1.807, 2.05) is 10.7 Å².